The van der Waals surface area contributed by atoms with Crippen LogP contribution in [0.4, 0.5) is 10.2 Å². The molecule has 0 aromatic carbocycles. The van der Waals surface area contributed by atoms with Crippen LogP contribution < -0.4 is 5.32 Å². The second kappa shape index (κ2) is 7.63. The zero-order valence-corrected chi connectivity index (χ0v) is 14.3. The Balaban J connectivity index is 2.44. The summed E-state index contributed by atoms with van der Waals surface area (Å²) in [5.74, 6) is 1.01. The van der Waals surface area contributed by atoms with Crippen LogP contribution in [0, 0.1) is 9.39 Å². The normalized spacial score (nSPS) is 10.7. The van der Waals surface area contributed by atoms with Crippen LogP contribution in [0.3, 0.4) is 0 Å². The molecule has 1 N–H and O–H groups in total. The zero-order chi connectivity index (χ0) is 15.2. The van der Waals surface area contributed by atoms with E-state index in [4.69, 9.17) is 0 Å². The molecular formula is C15H18FIN4. The monoisotopic (exact) mass is 400 g/mol. The van der Waals surface area contributed by atoms with E-state index in [1.807, 2.05) is 0 Å². The minimum Gasteiger partial charge on any atom is -0.369 e. The number of pyridine rings is 1. The Bertz CT molecular complexity index is 601. The number of hydrogen-bond donors (Lipinski definition) is 1. The van der Waals surface area contributed by atoms with E-state index < -0.39 is 0 Å². The zero-order valence-electron chi connectivity index (χ0n) is 12.2. The summed E-state index contributed by atoms with van der Waals surface area (Å²) in [6.45, 7) is 5.08. The standard InChI is InChI=1S/C15H18FIN4/c1-3-5-11-13(17)15(18-8-4-2)21-14(20-11)12-7-6-10(16)9-19-12/h6-7,9H,3-5,8H2,1-2H3,(H,18,20,21). The molecule has 4 nitrogen and oxygen atoms in total. The molecule has 0 saturated carbocycles. The number of anilines is 1. The summed E-state index contributed by atoms with van der Waals surface area (Å²) in [6.07, 6.45) is 4.11. The average molecular weight is 400 g/mol. The first-order valence-electron chi connectivity index (χ1n) is 7.07. The van der Waals surface area contributed by atoms with Gasteiger partial charge >= 0.3 is 0 Å². The van der Waals surface area contributed by atoms with Gasteiger partial charge in [-0.25, -0.2) is 19.3 Å². The molecule has 0 aliphatic carbocycles. The van der Waals surface area contributed by atoms with Gasteiger partial charge < -0.3 is 5.32 Å². The lowest BCUT2D eigenvalue weighted by Crippen LogP contribution is -2.09. The number of nitrogens with one attached hydrogen (secondary N) is 1. The van der Waals surface area contributed by atoms with E-state index in [1.54, 1.807) is 6.07 Å². The van der Waals surface area contributed by atoms with Gasteiger partial charge in [-0.1, -0.05) is 20.3 Å². The van der Waals surface area contributed by atoms with Crippen molar-refractivity contribution in [2.45, 2.75) is 33.1 Å². The lowest BCUT2D eigenvalue weighted by atomic mass is 10.2. The predicted octanol–water partition coefficient (Wildman–Crippen LogP) is 4.06. The second-order valence-corrected chi connectivity index (χ2v) is 5.77. The van der Waals surface area contributed by atoms with Crippen molar-refractivity contribution >= 4 is 28.4 Å². The molecule has 21 heavy (non-hydrogen) atoms. The molecule has 0 aliphatic heterocycles. The van der Waals surface area contributed by atoms with Gasteiger partial charge in [-0.15, -0.1) is 0 Å². The highest BCUT2D eigenvalue weighted by Crippen LogP contribution is 2.24. The molecule has 0 atom stereocenters. The van der Waals surface area contributed by atoms with Crippen LogP contribution in [-0.4, -0.2) is 21.5 Å². The van der Waals surface area contributed by atoms with Crippen molar-refractivity contribution in [2.75, 3.05) is 11.9 Å². The van der Waals surface area contributed by atoms with E-state index in [2.05, 4.69) is 56.7 Å². The van der Waals surface area contributed by atoms with Crippen molar-refractivity contribution in [1.29, 1.82) is 0 Å². The van der Waals surface area contributed by atoms with Crippen LogP contribution in [0.2, 0.25) is 0 Å². The van der Waals surface area contributed by atoms with E-state index in [0.717, 1.165) is 40.9 Å². The van der Waals surface area contributed by atoms with E-state index in [1.165, 1.54) is 12.3 Å². The third kappa shape index (κ3) is 4.09. The van der Waals surface area contributed by atoms with Crippen molar-refractivity contribution in [3.63, 3.8) is 0 Å². The molecule has 2 heterocycles. The molecule has 0 fully saturated rings. The summed E-state index contributed by atoms with van der Waals surface area (Å²) < 4.78 is 14.0. The van der Waals surface area contributed by atoms with Crippen LogP contribution in [0.25, 0.3) is 11.5 Å². The van der Waals surface area contributed by atoms with Crippen LogP contribution in [0.15, 0.2) is 18.3 Å². The smallest absolute Gasteiger partial charge is 0.180 e. The Hall–Kier alpha value is -1.31. The van der Waals surface area contributed by atoms with Gasteiger partial charge in [0.05, 0.1) is 15.5 Å². The first-order valence-corrected chi connectivity index (χ1v) is 8.15. The van der Waals surface area contributed by atoms with Gasteiger partial charge in [0.2, 0.25) is 0 Å². The van der Waals surface area contributed by atoms with Crippen molar-refractivity contribution in [3.8, 4) is 11.5 Å². The number of halogens is 2. The van der Waals surface area contributed by atoms with Crippen molar-refractivity contribution in [1.82, 2.24) is 15.0 Å². The van der Waals surface area contributed by atoms with E-state index in [-0.39, 0.29) is 5.82 Å². The minimum absolute atomic E-state index is 0.359. The maximum Gasteiger partial charge on any atom is 0.180 e. The highest BCUT2D eigenvalue weighted by molar-refractivity contribution is 14.1. The molecule has 0 aliphatic rings. The number of hydrogen-bond acceptors (Lipinski definition) is 4. The van der Waals surface area contributed by atoms with E-state index in [9.17, 15) is 4.39 Å². The second-order valence-electron chi connectivity index (χ2n) is 4.69. The number of aryl methyl sites for hydroxylation is 1. The quantitative estimate of drug-likeness (QED) is 0.744. The fourth-order valence-electron chi connectivity index (χ4n) is 1.88. The van der Waals surface area contributed by atoms with Crippen molar-refractivity contribution in [2.24, 2.45) is 0 Å². The van der Waals surface area contributed by atoms with Gasteiger partial charge in [0.15, 0.2) is 5.82 Å². The molecule has 2 aromatic rings. The Morgan fingerprint density at radius 3 is 2.62 bits per heavy atom. The fourth-order valence-corrected chi connectivity index (χ4v) is 2.58. The maximum atomic E-state index is 13.0. The number of aromatic nitrogens is 3. The van der Waals surface area contributed by atoms with Gasteiger partial charge in [0.25, 0.3) is 0 Å². The summed E-state index contributed by atoms with van der Waals surface area (Å²) in [6, 6.07) is 2.99. The SMILES string of the molecule is CCCNc1nc(-c2ccc(F)cn2)nc(CCC)c1I. The van der Waals surface area contributed by atoms with Crippen LogP contribution in [0.5, 0.6) is 0 Å². The molecule has 6 heteroatoms. The topological polar surface area (TPSA) is 50.7 Å². The molecule has 2 aromatic heterocycles. The van der Waals surface area contributed by atoms with E-state index >= 15 is 0 Å². The Labute approximate surface area is 137 Å². The highest BCUT2D eigenvalue weighted by Gasteiger charge is 2.13. The van der Waals surface area contributed by atoms with Gasteiger partial charge in [-0.05, 0) is 47.6 Å². The molecule has 0 amide bonds. The molecular weight excluding hydrogens is 382 g/mol. The Morgan fingerprint density at radius 1 is 1.19 bits per heavy atom. The average Bonchev–Trinajstić information content (AvgIpc) is 2.49. The molecule has 2 rings (SSSR count). The summed E-state index contributed by atoms with van der Waals surface area (Å²) >= 11 is 2.28. The van der Waals surface area contributed by atoms with Crippen LogP contribution in [-0.2, 0) is 6.42 Å². The van der Waals surface area contributed by atoms with Crippen LogP contribution >= 0.6 is 22.6 Å². The molecule has 0 spiro atoms. The summed E-state index contributed by atoms with van der Waals surface area (Å²) in [5.41, 5.74) is 1.59. The van der Waals surface area contributed by atoms with E-state index in [0.29, 0.717) is 11.5 Å². The lowest BCUT2D eigenvalue weighted by molar-refractivity contribution is 0.621. The maximum absolute atomic E-state index is 13.0. The summed E-state index contributed by atoms with van der Waals surface area (Å²) in [7, 11) is 0. The minimum atomic E-state index is -0.359. The summed E-state index contributed by atoms with van der Waals surface area (Å²) in [5, 5.41) is 3.32. The first-order chi connectivity index (χ1) is 10.2. The third-order valence-corrected chi connectivity index (χ3v) is 4.04. The predicted molar refractivity (Wildman–Crippen MR) is 90.7 cm³/mol. The largest absolute Gasteiger partial charge is 0.369 e. The van der Waals surface area contributed by atoms with Gasteiger partial charge in [0, 0.05) is 6.54 Å². The highest BCUT2D eigenvalue weighted by atomic mass is 127. The molecule has 112 valence electrons. The van der Waals surface area contributed by atoms with Gasteiger partial charge in [-0.3, -0.25) is 0 Å². The van der Waals surface area contributed by atoms with Gasteiger partial charge in [0.1, 0.15) is 17.3 Å². The van der Waals surface area contributed by atoms with Crippen LogP contribution in [0.1, 0.15) is 32.4 Å². The number of nitrogens with zero attached hydrogens (tertiary/aromatic N) is 3. The molecule has 0 radical (unpaired) electrons. The third-order valence-electron chi connectivity index (χ3n) is 2.91. The fraction of sp³-hybridized carbons (Fsp3) is 0.400. The first kappa shape index (κ1) is 16.1. The molecule has 0 saturated heterocycles. The molecule has 0 bridgehead atoms. The van der Waals surface area contributed by atoms with Crippen molar-refractivity contribution in [3.05, 3.63) is 33.4 Å². The van der Waals surface area contributed by atoms with Crippen molar-refractivity contribution < 1.29 is 4.39 Å². The number of rotatable bonds is 6. The molecule has 0 unspecified atom stereocenters. The Kier molecular flexibility index (Phi) is 5.84. The summed E-state index contributed by atoms with van der Waals surface area (Å²) in [4.78, 5) is 13.2. The van der Waals surface area contributed by atoms with Gasteiger partial charge in [-0.2, -0.15) is 0 Å². The Morgan fingerprint density at radius 2 is 2.00 bits per heavy atom. The lowest BCUT2D eigenvalue weighted by Gasteiger charge is -2.12.